The van der Waals surface area contributed by atoms with Gasteiger partial charge in [-0.25, -0.2) is 0 Å². The lowest BCUT2D eigenvalue weighted by molar-refractivity contribution is -0.121. The number of methoxy groups -OCH3 is 2. The maximum Gasteiger partial charge on any atom is 0.154 e. The number of benzene rings is 2. The van der Waals surface area contributed by atoms with Crippen LogP contribution in [0.2, 0.25) is 0 Å². The molecule has 2 aromatic carbocycles. The van der Waals surface area contributed by atoms with Gasteiger partial charge in [-0.05, 0) is 12.1 Å². The number of rotatable bonds is 4. The van der Waals surface area contributed by atoms with Crippen molar-refractivity contribution in [3.05, 3.63) is 59.7 Å². The van der Waals surface area contributed by atoms with Gasteiger partial charge in [0.2, 0.25) is 0 Å². The topological polar surface area (TPSA) is 47.6 Å². The summed E-state index contributed by atoms with van der Waals surface area (Å²) in [5, 5.41) is 2.87. The predicted molar refractivity (Wildman–Crippen MR) is 93.9 cm³/mol. The number of nitrogens with one attached hydrogen (secondary N) is 1. The van der Waals surface area contributed by atoms with Crippen molar-refractivity contribution in [2.24, 2.45) is 0 Å². The molecule has 3 atom stereocenters. The highest BCUT2D eigenvalue weighted by atomic mass is 35.5. The fourth-order valence-corrected chi connectivity index (χ4v) is 3.48. The first-order chi connectivity index (χ1) is 11.7. The van der Waals surface area contributed by atoms with E-state index in [9.17, 15) is 4.79 Å². The third-order valence-electron chi connectivity index (χ3n) is 4.37. The van der Waals surface area contributed by atoms with Gasteiger partial charge in [0.05, 0.1) is 20.3 Å². The van der Waals surface area contributed by atoms with Gasteiger partial charge in [-0.2, -0.15) is 0 Å². The average molecular weight is 346 g/mol. The van der Waals surface area contributed by atoms with Crippen LogP contribution in [0.5, 0.6) is 11.5 Å². The molecule has 0 spiro atoms. The summed E-state index contributed by atoms with van der Waals surface area (Å²) in [4.78, 5) is 12.5. The highest BCUT2D eigenvalue weighted by Gasteiger charge is 2.38. The third-order valence-corrected chi connectivity index (χ3v) is 4.87. The molecule has 4 nitrogen and oxygen atoms in total. The minimum atomic E-state index is -0.632. The van der Waals surface area contributed by atoms with E-state index in [1.54, 1.807) is 14.2 Å². The van der Waals surface area contributed by atoms with Crippen molar-refractivity contribution >= 4 is 17.4 Å². The number of hydrogen-bond donors (Lipinski definition) is 1. The number of piperidine rings is 1. The molecule has 2 aromatic rings. The zero-order valence-electron chi connectivity index (χ0n) is 13.7. The Balaban J connectivity index is 1.97. The molecule has 1 fully saturated rings. The average Bonchev–Trinajstić information content (AvgIpc) is 2.63. The van der Waals surface area contributed by atoms with E-state index in [4.69, 9.17) is 21.1 Å². The van der Waals surface area contributed by atoms with E-state index < -0.39 is 5.38 Å². The van der Waals surface area contributed by atoms with Gasteiger partial charge in [0.15, 0.2) is 5.78 Å². The molecule has 1 N–H and O–H groups in total. The fraction of sp³-hybridized carbons (Fsp3) is 0.316. The van der Waals surface area contributed by atoms with Gasteiger partial charge >= 0.3 is 0 Å². The second-order valence-electron chi connectivity index (χ2n) is 5.75. The van der Waals surface area contributed by atoms with Crippen molar-refractivity contribution in [1.29, 1.82) is 0 Å². The number of halogens is 1. The summed E-state index contributed by atoms with van der Waals surface area (Å²) >= 11 is 6.42. The van der Waals surface area contributed by atoms with Crippen molar-refractivity contribution in [2.45, 2.75) is 23.9 Å². The lowest BCUT2D eigenvalue weighted by Crippen LogP contribution is -2.43. The molecule has 0 radical (unpaired) electrons. The summed E-state index contributed by atoms with van der Waals surface area (Å²) in [6.45, 7) is 0. The molecule has 1 saturated heterocycles. The van der Waals surface area contributed by atoms with E-state index in [0.717, 1.165) is 16.9 Å². The number of hydrogen-bond acceptors (Lipinski definition) is 4. The molecule has 24 heavy (non-hydrogen) atoms. The van der Waals surface area contributed by atoms with E-state index in [1.165, 1.54) is 0 Å². The number of Topliss-reactive ketones (excluding diaryl/α,β-unsaturated/α-hetero) is 1. The van der Waals surface area contributed by atoms with E-state index in [-0.39, 0.29) is 17.9 Å². The number of para-hydroxylation sites is 2. The number of carbonyl (C=O) groups excluding carboxylic acids is 1. The standard InChI is InChI=1S/C19H20ClNO3/c1-23-16-9-5-3-7-12(16)14-11-15(22)18(20)19(21-14)13-8-4-6-10-17(13)24-2/h3-10,14,18-19,21H,11H2,1-2H3. The van der Waals surface area contributed by atoms with Gasteiger partial charge < -0.3 is 14.8 Å². The summed E-state index contributed by atoms with van der Waals surface area (Å²) in [6.07, 6.45) is 0.334. The molecule has 0 aromatic heterocycles. The van der Waals surface area contributed by atoms with Crippen LogP contribution in [0, 0.1) is 0 Å². The number of ketones is 1. The number of ether oxygens (including phenoxy) is 2. The summed E-state index contributed by atoms with van der Waals surface area (Å²) in [5.74, 6) is 1.49. The first kappa shape index (κ1) is 16.8. The van der Waals surface area contributed by atoms with Crippen LogP contribution < -0.4 is 14.8 Å². The molecule has 1 heterocycles. The van der Waals surface area contributed by atoms with Gasteiger partial charge in [-0.1, -0.05) is 36.4 Å². The van der Waals surface area contributed by atoms with Crippen LogP contribution in [0.3, 0.4) is 0 Å². The van der Waals surface area contributed by atoms with Gasteiger partial charge in [0.25, 0.3) is 0 Å². The quantitative estimate of drug-likeness (QED) is 0.859. The highest BCUT2D eigenvalue weighted by molar-refractivity contribution is 6.32. The second-order valence-corrected chi connectivity index (χ2v) is 6.22. The lowest BCUT2D eigenvalue weighted by atomic mass is 9.88. The molecule has 1 aliphatic rings. The molecule has 0 amide bonds. The van der Waals surface area contributed by atoms with E-state index in [2.05, 4.69) is 5.32 Å². The third kappa shape index (κ3) is 3.12. The maximum absolute atomic E-state index is 12.5. The number of alkyl halides is 1. The Morgan fingerprint density at radius 1 is 0.958 bits per heavy atom. The fourth-order valence-electron chi connectivity index (χ4n) is 3.18. The Hall–Kier alpha value is -2.04. The first-order valence-electron chi connectivity index (χ1n) is 7.84. The van der Waals surface area contributed by atoms with E-state index >= 15 is 0 Å². The Morgan fingerprint density at radius 2 is 1.50 bits per heavy atom. The lowest BCUT2D eigenvalue weighted by Gasteiger charge is -2.35. The monoisotopic (exact) mass is 345 g/mol. The normalized spacial score (nSPS) is 23.8. The Bertz CT molecular complexity index is 734. The van der Waals surface area contributed by atoms with Crippen molar-refractivity contribution in [3.63, 3.8) is 0 Å². The smallest absolute Gasteiger partial charge is 0.154 e. The SMILES string of the molecule is COc1ccccc1C1CC(=O)C(Cl)C(c2ccccc2OC)N1. The van der Waals surface area contributed by atoms with Crippen LogP contribution in [0.4, 0.5) is 0 Å². The second kappa shape index (κ2) is 7.24. The summed E-state index contributed by atoms with van der Waals surface area (Å²) < 4.78 is 10.9. The molecular formula is C19H20ClNO3. The summed E-state index contributed by atoms with van der Waals surface area (Å²) in [5.41, 5.74) is 1.84. The van der Waals surface area contributed by atoms with Crippen molar-refractivity contribution < 1.29 is 14.3 Å². The number of carbonyl (C=O) groups is 1. The van der Waals surface area contributed by atoms with Gasteiger partial charge in [0, 0.05) is 23.6 Å². The molecule has 0 saturated carbocycles. The highest BCUT2D eigenvalue weighted by Crippen LogP contribution is 2.39. The Morgan fingerprint density at radius 3 is 2.12 bits per heavy atom. The predicted octanol–water partition coefficient (Wildman–Crippen LogP) is 3.66. The van der Waals surface area contributed by atoms with E-state index in [0.29, 0.717) is 12.2 Å². The van der Waals surface area contributed by atoms with Crippen LogP contribution in [-0.4, -0.2) is 25.4 Å². The van der Waals surface area contributed by atoms with Crippen LogP contribution in [0.1, 0.15) is 29.6 Å². The Labute approximate surface area is 146 Å². The Kier molecular flexibility index (Phi) is 5.07. The van der Waals surface area contributed by atoms with Gasteiger partial charge in [0.1, 0.15) is 16.9 Å². The van der Waals surface area contributed by atoms with Crippen molar-refractivity contribution in [2.75, 3.05) is 14.2 Å². The first-order valence-corrected chi connectivity index (χ1v) is 8.28. The molecule has 3 unspecified atom stereocenters. The molecule has 0 bridgehead atoms. The molecule has 126 valence electrons. The molecule has 5 heteroatoms. The molecule has 1 aliphatic heterocycles. The van der Waals surface area contributed by atoms with Crippen LogP contribution >= 0.6 is 11.6 Å². The molecular weight excluding hydrogens is 326 g/mol. The van der Waals surface area contributed by atoms with Crippen LogP contribution in [0.15, 0.2) is 48.5 Å². The molecule has 0 aliphatic carbocycles. The molecule has 3 rings (SSSR count). The largest absolute Gasteiger partial charge is 0.496 e. The zero-order chi connectivity index (χ0) is 17.1. The van der Waals surface area contributed by atoms with E-state index in [1.807, 2.05) is 48.5 Å². The zero-order valence-corrected chi connectivity index (χ0v) is 14.4. The van der Waals surface area contributed by atoms with Crippen molar-refractivity contribution in [1.82, 2.24) is 5.32 Å². The minimum Gasteiger partial charge on any atom is -0.496 e. The van der Waals surface area contributed by atoms with Crippen molar-refractivity contribution in [3.8, 4) is 11.5 Å². The maximum atomic E-state index is 12.5. The van der Waals surface area contributed by atoms with Crippen LogP contribution in [-0.2, 0) is 4.79 Å². The summed E-state index contributed by atoms with van der Waals surface area (Å²) in [7, 11) is 3.25. The minimum absolute atomic E-state index is 0.0160. The van der Waals surface area contributed by atoms with Gasteiger partial charge in [-0.15, -0.1) is 11.6 Å². The summed E-state index contributed by atoms with van der Waals surface area (Å²) in [6, 6.07) is 14.9. The van der Waals surface area contributed by atoms with Crippen LogP contribution in [0.25, 0.3) is 0 Å². The van der Waals surface area contributed by atoms with Gasteiger partial charge in [-0.3, -0.25) is 4.79 Å².